The molecule has 0 saturated carbocycles. The average molecular weight is 329 g/mol. The second-order valence-electron chi connectivity index (χ2n) is 5.13. The van der Waals surface area contributed by atoms with Crippen molar-refractivity contribution in [2.75, 3.05) is 0 Å². The highest BCUT2D eigenvalue weighted by molar-refractivity contribution is 6.16. The van der Waals surface area contributed by atoms with Gasteiger partial charge in [0.05, 0.1) is 4.92 Å². The first-order valence-electron chi connectivity index (χ1n) is 6.93. The molecule has 1 saturated heterocycles. The number of barbiturate groups is 1. The van der Waals surface area contributed by atoms with Gasteiger partial charge in [-0.25, -0.2) is 4.79 Å². The first-order chi connectivity index (χ1) is 11.4. The number of rotatable bonds is 4. The number of nitro benzene ring substituents is 1. The second-order valence-corrected chi connectivity index (χ2v) is 5.13. The summed E-state index contributed by atoms with van der Waals surface area (Å²) in [4.78, 5) is 44.6. The summed E-state index contributed by atoms with van der Waals surface area (Å²) in [5.41, 5.74) is 0.588. The molecule has 1 aromatic carbocycles. The molecule has 122 valence electrons. The lowest BCUT2D eigenvalue weighted by atomic mass is 10.0. The molecular formula is C15H11N3O6. The zero-order valence-electron chi connectivity index (χ0n) is 12.1. The monoisotopic (exact) mass is 329 g/mol. The minimum atomic E-state index is -1.06. The molecule has 2 N–H and O–H groups in total. The van der Waals surface area contributed by atoms with Crippen LogP contribution in [-0.2, 0) is 16.0 Å². The van der Waals surface area contributed by atoms with Crippen LogP contribution in [-0.4, -0.2) is 22.8 Å². The average Bonchev–Trinajstić information content (AvgIpc) is 2.99. The molecule has 9 nitrogen and oxygen atoms in total. The minimum Gasteiger partial charge on any atom is -0.461 e. The molecule has 2 aromatic rings. The van der Waals surface area contributed by atoms with Gasteiger partial charge in [-0.2, -0.15) is 0 Å². The number of nitrogens with one attached hydrogen (secondary N) is 2. The Morgan fingerprint density at radius 2 is 1.62 bits per heavy atom. The molecule has 0 radical (unpaired) electrons. The van der Waals surface area contributed by atoms with Crippen LogP contribution >= 0.6 is 0 Å². The maximum atomic E-state index is 11.7. The van der Waals surface area contributed by atoms with Crippen molar-refractivity contribution in [1.82, 2.24) is 10.6 Å². The number of benzene rings is 1. The van der Waals surface area contributed by atoms with E-state index in [1.165, 1.54) is 12.1 Å². The third kappa shape index (κ3) is 3.00. The molecule has 0 unspecified atom stereocenters. The quantitative estimate of drug-likeness (QED) is 0.495. The number of furan rings is 1. The van der Waals surface area contributed by atoms with E-state index in [9.17, 15) is 24.5 Å². The molecule has 0 atom stereocenters. The molecule has 0 bridgehead atoms. The summed E-state index contributed by atoms with van der Waals surface area (Å²) in [7, 11) is 0. The lowest BCUT2D eigenvalue weighted by Crippen LogP contribution is -2.56. The molecule has 9 heteroatoms. The van der Waals surface area contributed by atoms with Gasteiger partial charge in [0.2, 0.25) is 11.8 Å². The summed E-state index contributed by atoms with van der Waals surface area (Å²) in [6.07, 6.45) is -0.00206. The number of nitrogens with zero attached hydrogens (tertiary/aromatic N) is 1. The van der Waals surface area contributed by atoms with Crippen LogP contribution in [0.2, 0.25) is 0 Å². The van der Waals surface area contributed by atoms with Gasteiger partial charge in [-0.15, -0.1) is 0 Å². The van der Waals surface area contributed by atoms with Crippen molar-refractivity contribution in [3.05, 3.63) is 52.3 Å². The van der Waals surface area contributed by atoms with Gasteiger partial charge in [0.25, 0.3) is 5.69 Å². The van der Waals surface area contributed by atoms with E-state index in [2.05, 4.69) is 0 Å². The highest BCUT2D eigenvalue weighted by Crippen LogP contribution is 2.25. The molecule has 24 heavy (non-hydrogen) atoms. The topological polar surface area (TPSA) is 132 Å². The normalized spacial score (nSPS) is 15.1. The standard InChI is InChI=1S/C15H11N3O6/c19-13-11(14(20)17-15(21)16-13)7-10-5-6-12(24-10)8-1-3-9(4-2-8)18(22)23/h1-6,11H,7H2,(H2,16,17,19,20,21). The minimum absolute atomic E-state index is 0.00206. The molecule has 0 spiro atoms. The smallest absolute Gasteiger partial charge is 0.328 e. The Kier molecular flexibility index (Phi) is 3.82. The van der Waals surface area contributed by atoms with Crippen LogP contribution in [0.5, 0.6) is 0 Å². The zero-order chi connectivity index (χ0) is 17.3. The lowest BCUT2D eigenvalue weighted by molar-refractivity contribution is -0.384. The van der Waals surface area contributed by atoms with Crippen LogP contribution in [0.4, 0.5) is 10.5 Å². The van der Waals surface area contributed by atoms with Crippen LogP contribution in [0.1, 0.15) is 5.76 Å². The molecule has 0 aliphatic carbocycles. The largest absolute Gasteiger partial charge is 0.461 e. The Labute approximate surface area is 134 Å². The van der Waals surface area contributed by atoms with Gasteiger partial charge in [0.1, 0.15) is 17.4 Å². The maximum Gasteiger partial charge on any atom is 0.328 e. The van der Waals surface area contributed by atoms with E-state index in [1.807, 2.05) is 10.6 Å². The third-order valence-corrected chi connectivity index (χ3v) is 3.54. The first-order valence-corrected chi connectivity index (χ1v) is 6.93. The number of nitro groups is 1. The Balaban J connectivity index is 1.76. The van der Waals surface area contributed by atoms with E-state index in [-0.39, 0.29) is 12.1 Å². The fraction of sp³-hybridized carbons (Fsp3) is 0.133. The highest BCUT2D eigenvalue weighted by atomic mass is 16.6. The zero-order valence-corrected chi connectivity index (χ0v) is 12.1. The van der Waals surface area contributed by atoms with Crippen LogP contribution in [0.3, 0.4) is 0 Å². The number of non-ortho nitro benzene ring substituents is 1. The van der Waals surface area contributed by atoms with Gasteiger partial charge in [-0.05, 0) is 24.3 Å². The SMILES string of the molecule is O=C1NC(=O)C(Cc2ccc(-c3ccc([N+](=O)[O-])cc3)o2)C(=O)N1. The Bertz CT molecular complexity index is 819. The predicted octanol–water partition coefficient (Wildman–Crippen LogP) is 1.38. The van der Waals surface area contributed by atoms with Crippen LogP contribution in [0.15, 0.2) is 40.8 Å². The van der Waals surface area contributed by atoms with Crippen LogP contribution in [0.25, 0.3) is 11.3 Å². The summed E-state index contributed by atoms with van der Waals surface area (Å²) in [6, 6.07) is 8.19. The van der Waals surface area contributed by atoms with Crippen LogP contribution < -0.4 is 10.6 Å². The van der Waals surface area contributed by atoms with E-state index < -0.39 is 28.7 Å². The fourth-order valence-corrected chi connectivity index (χ4v) is 2.33. The molecule has 1 aromatic heterocycles. The molecule has 1 fully saturated rings. The van der Waals surface area contributed by atoms with Crippen molar-refractivity contribution in [3.63, 3.8) is 0 Å². The predicted molar refractivity (Wildman–Crippen MR) is 79.7 cm³/mol. The van der Waals surface area contributed by atoms with Crippen molar-refractivity contribution >= 4 is 23.5 Å². The van der Waals surface area contributed by atoms with E-state index >= 15 is 0 Å². The van der Waals surface area contributed by atoms with Crippen molar-refractivity contribution in [1.29, 1.82) is 0 Å². The number of carbonyl (C=O) groups is 3. The van der Waals surface area contributed by atoms with Crippen molar-refractivity contribution < 1.29 is 23.7 Å². The Hall–Kier alpha value is -3.49. The van der Waals surface area contributed by atoms with E-state index in [0.717, 1.165) is 0 Å². The summed E-state index contributed by atoms with van der Waals surface area (Å²) in [5, 5.41) is 14.7. The van der Waals surface area contributed by atoms with Crippen LogP contribution in [0, 0.1) is 16.0 Å². The molecule has 3 rings (SSSR count). The molecule has 4 amide bonds. The summed E-state index contributed by atoms with van der Waals surface area (Å²) in [5.74, 6) is -1.59. The number of amides is 4. The molecular weight excluding hydrogens is 318 g/mol. The third-order valence-electron chi connectivity index (χ3n) is 3.54. The lowest BCUT2D eigenvalue weighted by Gasteiger charge is -2.19. The van der Waals surface area contributed by atoms with Crippen molar-refractivity contribution in [2.45, 2.75) is 6.42 Å². The molecule has 1 aliphatic heterocycles. The van der Waals surface area contributed by atoms with Gasteiger partial charge in [0, 0.05) is 24.1 Å². The van der Waals surface area contributed by atoms with Crippen molar-refractivity contribution in [3.8, 4) is 11.3 Å². The second kappa shape index (κ2) is 5.95. The van der Waals surface area contributed by atoms with E-state index in [4.69, 9.17) is 4.42 Å². The molecule has 2 heterocycles. The summed E-state index contributed by atoms with van der Waals surface area (Å²) < 4.78 is 5.58. The first kappa shape index (κ1) is 15.4. The van der Waals surface area contributed by atoms with E-state index in [1.54, 1.807) is 24.3 Å². The number of imide groups is 2. The van der Waals surface area contributed by atoms with Gasteiger partial charge >= 0.3 is 6.03 Å². The number of urea groups is 1. The summed E-state index contributed by atoms with van der Waals surface area (Å²) in [6.45, 7) is 0. The van der Waals surface area contributed by atoms with Gasteiger partial charge < -0.3 is 4.42 Å². The fourth-order valence-electron chi connectivity index (χ4n) is 2.33. The van der Waals surface area contributed by atoms with Gasteiger partial charge in [-0.3, -0.25) is 30.3 Å². The molecule has 1 aliphatic rings. The maximum absolute atomic E-state index is 11.7. The van der Waals surface area contributed by atoms with Gasteiger partial charge in [0.15, 0.2) is 0 Å². The number of hydrogen-bond acceptors (Lipinski definition) is 6. The number of carbonyl (C=O) groups excluding carboxylic acids is 3. The Morgan fingerprint density at radius 3 is 2.21 bits per heavy atom. The highest BCUT2D eigenvalue weighted by Gasteiger charge is 2.34. The van der Waals surface area contributed by atoms with Crippen molar-refractivity contribution in [2.24, 2.45) is 5.92 Å². The Morgan fingerprint density at radius 1 is 1.00 bits per heavy atom. The van der Waals surface area contributed by atoms with E-state index in [0.29, 0.717) is 17.1 Å². The summed E-state index contributed by atoms with van der Waals surface area (Å²) >= 11 is 0. The number of hydrogen-bond donors (Lipinski definition) is 2. The van der Waals surface area contributed by atoms with Gasteiger partial charge in [-0.1, -0.05) is 0 Å².